The van der Waals surface area contributed by atoms with Gasteiger partial charge < -0.3 is 11.1 Å². The zero-order chi connectivity index (χ0) is 12.1. The lowest BCUT2D eigenvalue weighted by atomic mass is 10.1. The maximum atomic E-state index is 5.70. The summed E-state index contributed by atoms with van der Waals surface area (Å²) < 4.78 is 0. The Bertz CT molecular complexity index is 479. The molecule has 0 bridgehead atoms. The van der Waals surface area contributed by atoms with Gasteiger partial charge in [0.25, 0.3) is 0 Å². The van der Waals surface area contributed by atoms with Gasteiger partial charge in [-0.1, -0.05) is 31.2 Å². The van der Waals surface area contributed by atoms with Crippen molar-refractivity contribution in [1.29, 1.82) is 0 Å². The van der Waals surface area contributed by atoms with Gasteiger partial charge in [0, 0.05) is 18.5 Å². The Kier molecular flexibility index (Phi) is 4.12. The predicted molar refractivity (Wildman–Crippen MR) is 73.2 cm³/mol. The van der Waals surface area contributed by atoms with Crippen LogP contribution in [0.5, 0.6) is 0 Å². The topological polar surface area (TPSA) is 50.9 Å². The average molecular weight is 247 g/mol. The highest BCUT2D eigenvalue weighted by molar-refractivity contribution is 7.13. The van der Waals surface area contributed by atoms with Gasteiger partial charge in [-0.15, -0.1) is 11.3 Å². The molecule has 90 valence electrons. The molecule has 0 spiro atoms. The number of nitrogens with zero attached hydrogens (tertiary/aromatic N) is 1. The third-order valence-electron chi connectivity index (χ3n) is 2.68. The van der Waals surface area contributed by atoms with Crippen LogP contribution >= 0.6 is 11.3 Å². The molecular formula is C13H17N3S. The Morgan fingerprint density at radius 1 is 1.29 bits per heavy atom. The highest BCUT2D eigenvalue weighted by atomic mass is 32.1. The summed E-state index contributed by atoms with van der Waals surface area (Å²) >= 11 is 1.65. The fraction of sp³-hybridized carbons (Fsp3) is 0.308. The summed E-state index contributed by atoms with van der Waals surface area (Å²) in [6, 6.07) is 8.22. The van der Waals surface area contributed by atoms with E-state index in [1.54, 1.807) is 11.3 Å². The highest BCUT2D eigenvalue weighted by Crippen LogP contribution is 2.17. The first kappa shape index (κ1) is 12.1. The molecule has 0 saturated heterocycles. The zero-order valence-electron chi connectivity index (χ0n) is 9.94. The maximum Gasteiger partial charge on any atom is 0.183 e. The third-order valence-corrected chi connectivity index (χ3v) is 3.53. The van der Waals surface area contributed by atoms with E-state index in [2.05, 4.69) is 34.7 Å². The molecule has 0 aliphatic heterocycles. The summed E-state index contributed by atoms with van der Waals surface area (Å²) in [5.74, 6) is 0. The molecule has 1 heterocycles. The Labute approximate surface area is 106 Å². The Morgan fingerprint density at radius 3 is 2.71 bits per heavy atom. The second-order valence-corrected chi connectivity index (χ2v) is 4.68. The standard InChI is InChI=1S/C13H17N3S/c1-2-12-9-17-13(16-12)15-8-11-6-4-3-5-10(11)7-14/h3-6,9H,2,7-8,14H2,1H3,(H,15,16). The van der Waals surface area contributed by atoms with Crippen molar-refractivity contribution in [2.75, 3.05) is 5.32 Å². The van der Waals surface area contributed by atoms with E-state index in [9.17, 15) is 0 Å². The van der Waals surface area contributed by atoms with Crippen molar-refractivity contribution < 1.29 is 0 Å². The second kappa shape index (κ2) is 5.80. The molecule has 0 amide bonds. The molecule has 0 radical (unpaired) electrons. The first-order chi connectivity index (χ1) is 8.33. The molecule has 17 heavy (non-hydrogen) atoms. The second-order valence-electron chi connectivity index (χ2n) is 3.82. The summed E-state index contributed by atoms with van der Waals surface area (Å²) in [5, 5.41) is 6.42. The molecule has 0 aliphatic rings. The number of benzene rings is 1. The van der Waals surface area contributed by atoms with Crippen LogP contribution in [-0.2, 0) is 19.5 Å². The van der Waals surface area contributed by atoms with E-state index < -0.39 is 0 Å². The van der Waals surface area contributed by atoms with E-state index in [-0.39, 0.29) is 0 Å². The van der Waals surface area contributed by atoms with Crippen molar-refractivity contribution in [2.45, 2.75) is 26.4 Å². The van der Waals surface area contributed by atoms with Crippen LogP contribution in [0.3, 0.4) is 0 Å². The molecule has 0 saturated carbocycles. The van der Waals surface area contributed by atoms with Gasteiger partial charge in [0.1, 0.15) is 0 Å². The van der Waals surface area contributed by atoms with Crippen LogP contribution in [0.25, 0.3) is 0 Å². The molecule has 0 atom stereocenters. The van der Waals surface area contributed by atoms with Gasteiger partial charge in [-0.25, -0.2) is 4.98 Å². The summed E-state index contributed by atoms with van der Waals surface area (Å²) in [4.78, 5) is 4.48. The van der Waals surface area contributed by atoms with Crippen molar-refractivity contribution in [1.82, 2.24) is 4.98 Å². The number of nitrogens with one attached hydrogen (secondary N) is 1. The van der Waals surface area contributed by atoms with Gasteiger partial charge in [-0.05, 0) is 17.5 Å². The van der Waals surface area contributed by atoms with Crippen LogP contribution in [0.4, 0.5) is 5.13 Å². The molecule has 2 aromatic rings. The first-order valence-electron chi connectivity index (χ1n) is 5.78. The number of rotatable bonds is 5. The molecule has 0 aliphatic carbocycles. The minimum absolute atomic E-state index is 0.579. The lowest BCUT2D eigenvalue weighted by molar-refractivity contribution is 0.999. The van der Waals surface area contributed by atoms with E-state index in [0.717, 1.165) is 23.8 Å². The van der Waals surface area contributed by atoms with Gasteiger partial charge in [0.15, 0.2) is 5.13 Å². The molecule has 1 aromatic carbocycles. The average Bonchev–Trinajstić information content (AvgIpc) is 2.84. The van der Waals surface area contributed by atoms with Gasteiger partial charge in [-0.3, -0.25) is 0 Å². The third kappa shape index (κ3) is 3.05. The van der Waals surface area contributed by atoms with Crippen LogP contribution in [0, 0.1) is 0 Å². The van der Waals surface area contributed by atoms with Crippen molar-refractivity contribution in [3.63, 3.8) is 0 Å². The minimum atomic E-state index is 0.579. The van der Waals surface area contributed by atoms with E-state index in [4.69, 9.17) is 5.73 Å². The zero-order valence-corrected chi connectivity index (χ0v) is 10.8. The van der Waals surface area contributed by atoms with Gasteiger partial charge in [0.2, 0.25) is 0 Å². The lowest BCUT2D eigenvalue weighted by Gasteiger charge is -2.07. The number of anilines is 1. The normalized spacial score (nSPS) is 10.5. The maximum absolute atomic E-state index is 5.70. The van der Waals surface area contributed by atoms with Crippen molar-refractivity contribution in [3.05, 3.63) is 46.5 Å². The molecule has 3 nitrogen and oxygen atoms in total. The van der Waals surface area contributed by atoms with Crippen LogP contribution in [0.1, 0.15) is 23.7 Å². The van der Waals surface area contributed by atoms with E-state index in [1.165, 1.54) is 11.1 Å². The lowest BCUT2D eigenvalue weighted by Crippen LogP contribution is -2.06. The van der Waals surface area contributed by atoms with Gasteiger partial charge in [0.05, 0.1) is 5.69 Å². The van der Waals surface area contributed by atoms with E-state index in [1.807, 2.05) is 12.1 Å². The number of aryl methyl sites for hydroxylation is 1. The first-order valence-corrected chi connectivity index (χ1v) is 6.66. The number of hydrogen-bond acceptors (Lipinski definition) is 4. The summed E-state index contributed by atoms with van der Waals surface area (Å²) in [6.45, 7) is 3.47. The molecule has 0 unspecified atom stereocenters. The quantitative estimate of drug-likeness (QED) is 0.854. The molecule has 4 heteroatoms. The monoisotopic (exact) mass is 247 g/mol. The van der Waals surface area contributed by atoms with Gasteiger partial charge >= 0.3 is 0 Å². The number of nitrogens with two attached hydrogens (primary N) is 1. The van der Waals surface area contributed by atoms with Crippen molar-refractivity contribution in [3.8, 4) is 0 Å². The van der Waals surface area contributed by atoms with E-state index in [0.29, 0.717) is 6.54 Å². The minimum Gasteiger partial charge on any atom is -0.357 e. The number of aromatic nitrogens is 1. The van der Waals surface area contributed by atoms with Crippen LogP contribution in [0.15, 0.2) is 29.6 Å². The summed E-state index contributed by atoms with van der Waals surface area (Å²) in [6.07, 6.45) is 0.984. The fourth-order valence-electron chi connectivity index (χ4n) is 1.65. The van der Waals surface area contributed by atoms with E-state index >= 15 is 0 Å². The Balaban J connectivity index is 2.01. The SMILES string of the molecule is CCc1csc(NCc2ccccc2CN)n1. The molecule has 0 fully saturated rings. The number of hydrogen-bond donors (Lipinski definition) is 2. The fourth-order valence-corrected chi connectivity index (χ4v) is 2.44. The molecule has 2 rings (SSSR count). The Morgan fingerprint density at radius 2 is 2.06 bits per heavy atom. The smallest absolute Gasteiger partial charge is 0.183 e. The van der Waals surface area contributed by atoms with Crippen LogP contribution < -0.4 is 11.1 Å². The van der Waals surface area contributed by atoms with Gasteiger partial charge in [-0.2, -0.15) is 0 Å². The summed E-state index contributed by atoms with van der Waals surface area (Å²) in [5.41, 5.74) is 9.27. The van der Waals surface area contributed by atoms with Crippen molar-refractivity contribution in [2.24, 2.45) is 5.73 Å². The molecular weight excluding hydrogens is 230 g/mol. The molecule has 1 aromatic heterocycles. The predicted octanol–water partition coefficient (Wildman–Crippen LogP) is 2.78. The van der Waals surface area contributed by atoms with Crippen LogP contribution in [-0.4, -0.2) is 4.98 Å². The molecule has 3 N–H and O–H groups in total. The highest BCUT2D eigenvalue weighted by Gasteiger charge is 2.02. The Hall–Kier alpha value is -1.39. The number of thiazole rings is 1. The van der Waals surface area contributed by atoms with Crippen LogP contribution in [0.2, 0.25) is 0 Å². The summed E-state index contributed by atoms with van der Waals surface area (Å²) in [7, 11) is 0. The largest absolute Gasteiger partial charge is 0.357 e. The van der Waals surface area contributed by atoms with Crippen molar-refractivity contribution >= 4 is 16.5 Å².